The summed E-state index contributed by atoms with van der Waals surface area (Å²) in [5, 5.41) is 3.41. The average Bonchev–Trinajstić information content (AvgIpc) is 2.55. The van der Waals surface area contributed by atoms with Gasteiger partial charge in [-0.3, -0.25) is 0 Å². The molecule has 1 heteroatoms. The third-order valence-corrected chi connectivity index (χ3v) is 4.30. The molecule has 1 unspecified atom stereocenters. The maximum Gasteiger partial charge on any atom is 0.0768 e. The van der Waals surface area contributed by atoms with Gasteiger partial charge in [-0.25, -0.2) is 0 Å². The highest BCUT2D eigenvalue weighted by atomic mass is 14.9. The Balaban J connectivity index is 0.000000254. The second kappa shape index (κ2) is 7.84. The van der Waals surface area contributed by atoms with E-state index in [4.69, 9.17) is 0 Å². The molecule has 1 atom stereocenters. The quantitative estimate of drug-likeness (QED) is 0.754. The van der Waals surface area contributed by atoms with Gasteiger partial charge in [0.05, 0.1) is 6.04 Å². The molecule has 1 heterocycles. The molecule has 2 aromatic rings. The summed E-state index contributed by atoms with van der Waals surface area (Å²) in [6.45, 7) is 8.96. The highest BCUT2D eigenvalue weighted by Crippen LogP contribution is 2.28. The minimum Gasteiger partial charge on any atom is -0.380 e. The smallest absolute Gasteiger partial charge is 0.0768 e. The zero-order valence-electron chi connectivity index (χ0n) is 14.1. The van der Waals surface area contributed by atoms with E-state index in [9.17, 15) is 0 Å². The van der Waals surface area contributed by atoms with Crippen molar-refractivity contribution >= 4 is 6.08 Å². The van der Waals surface area contributed by atoms with Crippen molar-refractivity contribution in [3.05, 3.63) is 77.5 Å². The molecule has 0 aliphatic carbocycles. The molecule has 2 aromatic carbocycles. The van der Waals surface area contributed by atoms with Gasteiger partial charge in [0.1, 0.15) is 0 Å². The van der Waals surface area contributed by atoms with Crippen LogP contribution in [0.5, 0.6) is 0 Å². The van der Waals surface area contributed by atoms with Crippen molar-refractivity contribution in [1.82, 2.24) is 5.32 Å². The normalized spacial score (nSPS) is 15.8. The zero-order chi connectivity index (χ0) is 15.9. The molecule has 1 aliphatic heterocycles. The van der Waals surface area contributed by atoms with Crippen molar-refractivity contribution in [2.24, 2.45) is 11.8 Å². The van der Waals surface area contributed by atoms with E-state index in [2.05, 4.69) is 87.6 Å². The second-order valence-corrected chi connectivity index (χ2v) is 6.46. The van der Waals surface area contributed by atoms with Crippen LogP contribution < -0.4 is 5.32 Å². The van der Waals surface area contributed by atoms with E-state index in [0.29, 0.717) is 0 Å². The van der Waals surface area contributed by atoms with E-state index in [0.717, 1.165) is 11.8 Å². The zero-order valence-corrected chi connectivity index (χ0v) is 14.1. The molecule has 0 aromatic heterocycles. The van der Waals surface area contributed by atoms with Crippen molar-refractivity contribution in [2.75, 3.05) is 0 Å². The molecule has 1 aliphatic rings. The molecular weight excluding hydrogens is 266 g/mol. The van der Waals surface area contributed by atoms with Crippen LogP contribution in [0.3, 0.4) is 0 Å². The maximum atomic E-state index is 3.41. The van der Waals surface area contributed by atoms with Crippen LogP contribution in [0.25, 0.3) is 6.08 Å². The number of hydrogen-bond donors (Lipinski definition) is 1. The fourth-order valence-corrected chi connectivity index (χ4v) is 2.17. The molecule has 0 saturated heterocycles. The number of nitrogens with one attached hydrogen (secondary N) is 1. The van der Waals surface area contributed by atoms with E-state index in [1.807, 2.05) is 12.3 Å². The summed E-state index contributed by atoms with van der Waals surface area (Å²) < 4.78 is 0. The van der Waals surface area contributed by atoms with Gasteiger partial charge in [-0.1, -0.05) is 82.3 Å². The predicted octanol–water partition coefficient (Wildman–Crippen LogP) is 5.65. The van der Waals surface area contributed by atoms with Gasteiger partial charge in [0, 0.05) is 0 Å². The minimum atomic E-state index is 0.280. The van der Waals surface area contributed by atoms with Gasteiger partial charge in [-0.15, -0.1) is 0 Å². The van der Waals surface area contributed by atoms with Gasteiger partial charge in [-0.05, 0) is 40.8 Å². The standard InChI is InChI=1S/C15H13N.C6H14/c1-2-7-13(8-3-1)15-14-9-5-4-6-12(14)10-11-16-15;1-5(2)6(3)4/h1-11,15-16H;5-6H,1-4H3. The lowest BCUT2D eigenvalue weighted by Gasteiger charge is -2.23. The Morgan fingerprint density at radius 1 is 0.773 bits per heavy atom. The SMILES string of the molecule is C1=Cc2ccccc2C(c2ccccc2)N1.CC(C)C(C)C. The van der Waals surface area contributed by atoms with Gasteiger partial charge in [0.25, 0.3) is 0 Å². The summed E-state index contributed by atoms with van der Waals surface area (Å²) in [6.07, 6.45) is 4.15. The summed E-state index contributed by atoms with van der Waals surface area (Å²) in [6, 6.07) is 19.3. The fraction of sp³-hybridized carbons (Fsp3) is 0.333. The number of fused-ring (bicyclic) bond motifs is 1. The average molecular weight is 293 g/mol. The monoisotopic (exact) mass is 293 g/mol. The summed E-state index contributed by atoms with van der Waals surface area (Å²) >= 11 is 0. The third kappa shape index (κ3) is 4.24. The number of hydrogen-bond acceptors (Lipinski definition) is 1. The Hall–Kier alpha value is -2.02. The predicted molar refractivity (Wildman–Crippen MR) is 96.6 cm³/mol. The van der Waals surface area contributed by atoms with Crippen molar-refractivity contribution in [3.63, 3.8) is 0 Å². The Labute approximate surface area is 135 Å². The molecule has 1 N–H and O–H groups in total. The van der Waals surface area contributed by atoms with Crippen molar-refractivity contribution in [3.8, 4) is 0 Å². The Bertz CT molecular complexity index is 590. The number of rotatable bonds is 2. The van der Waals surface area contributed by atoms with Crippen LogP contribution in [0.4, 0.5) is 0 Å². The lowest BCUT2D eigenvalue weighted by Crippen LogP contribution is -2.20. The second-order valence-electron chi connectivity index (χ2n) is 6.46. The van der Waals surface area contributed by atoms with E-state index in [1.54, 1.807) is 0 Å². The van der Waals surface area contributed by atoms with Gasteiger partial charge in [0.2, 0.25) is 0 Å². The van der Waals surface area contributed by atoms with E-state index in [-0.39, 0.29) is 6.04 Å². The summed E-state index contributed by atoms with van der Waals surface area (Å²) in [7, 11) is 0. The first-order valence-electron chi connectivity index (χ1n) is 8.16. The van der Waals surface area contributed by atoms with Crippen LogP contribution in [0.15, 0.2) is 60.8 Å². The molecule has 0 bridgehead atoms. The molecule has 116 valence electrons. The first-order chi connectivity index (χ1) is 10.6. The van der Waals surface area contributed by atoms with Crippen LogP contribution in [0.1, 0.15) is 50.4 Å². The Morgan fingerprint density at radius 2 is 1.36 bits per heavy atom. The minimum absolute atomic E-state index is 0.280. The van der Waals surface area contributed by atoms with Gasteiger partial charge >= 0.3 is 0 Å². The maximum absolute atomic E-state index is 3.41. The molecule has 3 rings (SSSR count). The third-order valence-electron chi connectivity index (χ3n) is 4.30. The first kappa shape index (κ1) is 16.4. The van der Waals surface area contributed by atoms with Crippen LogP contribution >= 0.6 is 0 Å². The Morgan fingerprint density at radius 3 is 2.00 bits per heavy atom. The van der Waals surface area contributed by atoms with Gasteiger partial charge in [-0.2, -0.15) is 0 Å². The van der Waals surface area contributed by atoms with Crippen LogP contribution in [0, 0.1) is 11.8 Å². The Kier molecular flexibility index (Phi) is 5.83. The van der Waals surface area contributed by atoms with Crippen LogP contribution in [-0.4, -0.2) is 0 Å². The number of benzene rings is 2. The van der Waals surface area contributed by atoms with E-state index < -0.39 is 0 Å². The molecule has 1 nitrogen and oxygen atoms in total. The summed E-state index contributed by atoms with van der Waals surface area (Å²) in [4.78, 5) is 0. The molecule has 22 heavy (non-hydrogen) atoms. The summed E-state index contributed by atoms with van der Waals surface area (Å²) in [5.41, 5.74) is 3.95. The molecule has 0 radical (unpaired) electrons. The molecule has 0 spiro atoms. The van der Waals surface area contributed by atoms with Crippen molar-refractivity contribution < 1.29 is 0 Å². The highest BCUT2D eigenvalue weighted by Gasteiger charge is 2.16. The summed E-state index contributed by atoms with van der Waals surface area (Å²) in [5.74, 6) is 1.70. The van der Waals surface area contributed by atoms with Crippen LogP contribution in [0.2, 0.25) is 0 Å². The molecular formula is C21H27N. The van der Waals surface area contributed by atoms with E-state index >= 15 is 0 Å². The largest absolute Gasteiger partial charge is 0.380 e. The first-order valence-corrected chi connectivity index (χ1v) is 8.16. The van der Waals surface area contributed by atoms with Gasteiger partial charge in [0.15, 0.2) is 0 Å². The lowest BCUT2D eigenvalue weighted by atomic mass is 9.92. The lowest BCUT2D eigenvalue weighted by molar-refractivity contribution is 0.457. The molecule has 0 amide bonds. The van der Waals surface area contributed by atoms with Crippen molar-refractivity contribution in [2.45, 2.75) is 33.7 Å². The molecule has 0 saturated carbocycles. The van der Waals surface area contributed by atoms with E-state index in [1.165, 1.54) is 16.7 Å². The fourth-order valence-electron chi connectivity index (χ4n) is 2.17. The molecule has 0 fully saturated rings. The highest BCUT2D eigenvalue weighted by molar-refractivity contribution is 5.58. The van der Waals surface area contributed by atoms with Crippen molar-refractivity contribution in [1.29, 1.82) is 0 Å². The topological polar surface area (TPSA) is 12.0 Å². The van der Waals surface area contributed by atoms with Crippen LogP contribution in [-0.2, 0) is 0 Å². The van der Waals surface area contributed by atoms with Gasteiger partial charge < -0.3 is 5.32 Å².